The highest BCUT2D eigenvalue weighted by atomic mass is 31.1. The van der Waals surface area contributed by atoms with E-state index in [1.54, 1.807) is 7.11 Å². The Kier molecular flexibility index (Phi) is 21.9. The first-order valence-electron chi connectivity index (χ1n) is 19.3. The normalized spacial score (nSPS) is 14.9. The van der Waals surface area contributed by atoms with Crippen LogP contribution in [0, 0.1) is 18.8 Å². The van der Waals surface area contributed by atoms with Crippen molar-refractivity contribution in [1.82, 2.24) is 14.8 Å². The average molecular weight is 731 g/mol. The lowest BCUT2D eigenvalue weighted by atomic mass is 10.0. The fourth-order valence-corrected chi connectivity index (χ4v) is 6.57. The number of nitrogens with zero attached hydrogens (tertiary/aromatic N) is 3. The summed E-state index contributed by atoms with van der Waals surface area (Å²) in [5.74, 6) is 0.766. The lowest BCUT2D eigenvalue weighted by Gasteiger charge is -2.25. The summed E-state index contributed by atoms with van der Waals surface area (Å²) in [4.78, 5) is 18.1. The second-order valence-electron chi connectivity index (χ2n) is 13.0. The minimum atomic E-state index is 0.100. The van der Waals surface area contributed by atoms with Crippen LogP contribution >= 0.6 is 8.58 Å². The van der Waals surface area contributed by atoms with E-state index in [1.807, 2.05) is 25.7 Å². The number of rotatable bonds is 19. The number of aromatic nitrogens is 1. The van der Waals surface area contributed by atoms with Gasteiger partial charge in [-0.05, 0) is 68.1 Å². The van der Waals surface area contributed by atoms with Crippen molar-refractivity contribution in [2.75, 3.05) is 52.7 Å². The molecule has 0 radical (unpaired) electrons. The molecule has 1 N–H and O–H groups in total. The van der Waals surface area contributed by atoms with Gasteiger partial charge in [-0.15, -0.1) is 8.58 Å². The Balaban J connectivity index is 0.000000529. The Morgan fingerprint density at radius 3 is 2.37 bits per heavy atom. The van der Waals surface area contributed by atoms with E-state index in [0.717, 1.165) is 51.5 Å². The van der Waals surface area contributed by atoms with Gasteiger partial charge in [0.15, 0.2) is 0 Å². The third-order valence-electron chi connectivity index (χ3n) is 8.56. The molecule has 1 aliphatic heterocycles. The molecule has 1 aliphatic rings. The Hall–Kier alpha value is -3.51. The van der Waals surface area contributed by atoms with Gasteiger partial charge in [-0.2, -0.15) is 0 Å². The molecule has 2 heterocycles. The number of hydrogen-bond donors (Lipinski definition) is 1. The fourth-order valence-electron chi connectivity index (χ4n) is 5.79. The van der Waals surface area contributed by atoms with Crippen LogP contribution < -0.4 is 10.8 Å². The first-order chi connectivity index (χ1) is 25.2. The van der Waals surface area contributed by atoms with Gasteiger partial charge in [0, 0.05) is 68.4 Å². The van der Waals surface area contributed by atoms with E-state index in [2.05, 4.69) is 130 Å². The summed E-state index contributed by atoms with van der Waals surface area (Å²) in [6.45, 7) is 25.8. The summed E-state index contributed by atoms with van der Waals surface area (Å²) in [6.07, 6.45) is 5.34. The monoisotopic (exact) mass is 730 g/mol. The molecule has 4 rings (SSSR count). The summed E-state index contributed by atoms with van der Waals surface area (Å²) < 4.78 is 13.6. The first-order valence-corrected chi connectivity index (χ1v) is 20.6. The van der Waals surface area contributed by atoms with Gasteiger partial charge in [0.05, 0.1) is 19.8 Å². The highest BCUT2D eigenvalue weighted by Crippen LogP contribution is 2.43. The Bertz CT molecular complexity index is 1560. The van der Waals surface area contributed by atoms with Crippen molar-refractivity contribution in [3.8, 4) is 11.1 Å². The lowest BCUT2D eigenvalue weighted by molar-refractivity contribution is -0.132. The molecule has 0 aliphatic carbocycles. The zero-order valence-corrected chi connectivity index (χ0v) is 34.6. The number of carbonyl (C=O) groups is 1. The van der Waals surface area contributed by atoms with Crippen molar-refractivity contribution in [3.63, 3.8) is 0 Å². The maximum atomic E-state index is 11.6. The molecule has 0 bridgehead atoms. The van der Waals surface area contributed by atoms with Crippen molar-refractivity contribution in [2.24, 2.45) is 16.8 Å². The second-order valence-corrected chi connectivity index (χ2v) is 14.5. The van der Waals surface area contributed by atoms with Crippen molar-refractivity contribution in [2.45, 2.75) is 80.5 Å². The Morgan fingerprint density at radius 1 is 1.06 bits per heavy atom. The SMILES string of the molecule is C=C(C(CN/C(=C\CC)C1CP1)COCc1ccccc1-c1ccccc1)n1c(C)cccc1=NCC.CC.CCN(CCOC)C(=O)CC(C)C. The van der Waals surface area contributed by atoms with Crippen LogP contribution in [0.1, 0.15) is 72.6 Å². The highest BCUT2D eigenvalue weighted by molar-refractivity contribution is 7.48. The van der Waals surface area contributed by atoms with Crippen LogP contribution in [-0.4, -0.2) is 73.7 Å². The zero-order chi connectivity index (χ0) is 38.3. The van der Waals surface area contributed by atoms with Crippen LogP contribution in [0.4, 0.5) is 0 Å². The quantitative estimate of drug-likeness (QED) is 0.125. The van der Waals surface area contributed by atoms with Crippen LogP contribution in [0.25, 0.3) is 16.8 Å². The van der Waals surface area contributed by atoms with E-state index >= 15 is 0 Å². The summed E-state index contributed by atoms with van der Waals surface area (Å²) >= 11 is 0. The third-order valence-corrected chi connectivity index (χ3v) is 9.69. The standard InChI is InChI=1S/C32H40N3OP.C10H21NO2.C2H6/c1-5-13-30(31-23-37-31)34-20-28(25(4)35-24(3)14-12-19-32(35)33-6-2)22-36-21-27-17-10-11-18-29(27)26-15-8-7-9-16-26;1-5-11(6-7-13-4)10(12)8-9(2)3;1-2/h7-19,28,31,34,37H,4-6,20-23H2,1-3H3;9H,5-8H2,1-4H3;1-2H3/b30-13-,33-32?;;. The largest absolute Gasteiger partial charge is 0.387 e. The van der Waals surface area contributed by atoms with E-state index in [9.17, 15) is 4.79 Å². The van der Waals surface area contributed by atoms with Gasteiger partial charge < -0.3 is 24.3 Å². The van der Waals surface area contributed by atoms with Crippen LogP contribution in [0.2, 0.25) is 0 Å². The average Bonchev–Trinajstić information content (AvgIpc) is 4.00. The van der Waals surface area contributed by atoms with Gasteiger partial charge in [0.25, 0.3) is 0 Å². The van der Waals surface area contributed by atoms with Gasteiger partial charge in [-0.25, -0.2) is 0 Å². The molecule has 1 saturated heterocycles. The van der Waals surface area contributed by atoms with E-state index < -0.39 is 0 Å². The minimum absolute atomic E-state index is 0.100. The summed E-state index contributed by atoms with van der Waals surface area (Å²) in [5, 5.41) is 3.77. The molecule has 3 atom stereocenters. The van der Waals surface area contributed by atoms with Crippen LogP contribution in [0.5, 0.6) is 0 Å². The van der Waals surface area contributed by atoms with E-state index in [0.29, 0.717) is 44.4 Å². The number of benzene rings is 2. The summed E-state index contributed by atoms with van der Waals surface area (Å²) in [5.41, 5.74) is 8.82. The van der Waals surface area contributed by atoms with Crippen LogP contribution in [0.3, 0.4) is 0 Å². The molecule has 8 heteroatoms. The van der Waals surface area contributed by atoms with E-state index in [1.165, 1.54) is 28.5 Å². The van der Waals surface area contributed by atoms with Crippen molar-refractivity contribution in [1.29, 1.82) is 0 Å². The molecule has 7 nitrogen and oxygen atoms in total. The summed E-state index contributed by atoms with van der Waals surface area (Å²) in [6, 6.07) is 25.3. The number of pyridine rings is 1. The van der Waals surface area contributed by atoms with Crippen LogP contribution in [0.15, 0.2) is 96.1 Å². The molecule has 1 aromatic heterocycles. The number of carbonyl (C=O) groups excluding carboxylic acids is 1. The van der Waals surface area contributed by atoms with Crippen molar-refractivity contribution < 1.29 is 14.3 Å². The Morgan fingerprint density at radius 2 is 1.75 bits per heavy atom. The van der Waals surface area contributed by atoms with Crippen LogP contribution in [-0.2, 0) is 20.9 Å². The molecular formula is C44H67N4O3P. The topological polar surface area (TPSA) is 68.1 Å². The van der Waals surface area contributed by atoms with Crippen molar-refractivity contribution in [3.05, 3.63) is 108 Å². The fraction of sp³-hybridized carbons (Fsp3) is 0.500. The smallest absolute Gasteiger partial charge is 0.222 e. The van der Waals surface area contributed by atoms with Gasteiger partial charge in [0.2, 0.25) is 5.91 Å². The summed E-state index contributed by atoms with van der Waals surface area (Å²) in [7, 11) is 2.70. The number of hydrogen-bond acceptors (Lipinski definition) is 5. The number of nitrogens with one attached hydrogen (secondary N) is 1. The Labute approximate surface area is 317 Å². The lowest BCUT2D eigenvalue weighted by Crippen LogP contribution is -2.34. The molecule has 286 valence electrons. The maximum absolute atomic E-state index is 11.6. The third kappa shape index (κ3) is 15.2. The first kappa shape index (κ1) is 44.7. The van der Waals surface area contributed by atoms with Gasteiger partial charge >= 0.3 is 0 Å². The molecule has 52 heavy (non-hydrogen) atoms. The highest BCUT2D eigenvalue weighted by Gasteiger charge is 2.27. The number of aryl methyl sites for hydroxylation is 1. The van der Waals surface area contributed by atoms with Gasteiger partial charge in [0.1, 0.15) is 5.49 Å². The number of likely N-dealkylation sites (N-methyl/N-ethyl adjacent to an activating group) is 1. The zero-order valence-electron chi connectivity index (χ0n) is 33.6. The molecule has 0 spiro atoms. The van der Waals surface area contributed by atoms with Gasteiger partial charge in [-0.1, -0.05) is 108 Å². The number of amides is 1. The molecule has 0 saturated carbocycles. The maximum Gasteiger partial charge on any atom is 0.222 e. The number of allylic oxidation sites excluding steroid dienone is 2. The predicted octanol–water partition coefficient (Wildman–Crippen LogP) is 9.19. The van der Waals surface area contributed by atoms with E-state index in [-0.39, 0.29) is 11.8 Å². The predicted molar refractivity (Wildman–Crippen MR) is 224 cm³/mol. The van der Waals surface area contributed by atoms with E-state index in [4.69, 9.17) is 14.5 Å². The second kappa shape index (κ2) is 25.5. The molecule has 2 aromatic carbocycles. The molecule has 1 fully saturated rings. The minimum Gasteiger partial charge on any atom is -0.387 e. The molecule has 3 unspecified atom stereocenters. The number of methoxy groups -OCH3 is 1. The molecular weight excluding hydrogens is 663 g/mol. The number of ether oxygens (including phenoxy) is 2. The molecule has 1 amide bonds. The molecule has 3 aromatic rings. The van der Waals surface area contributed by atoms with Gasteiger partial charge in [-0.3, -0.25) is 9.79 Å². The van der Waals surface area contributed by atoms with Crippen molar-refractivity contribution >= 4 is 20.2 Å².